The zero-order chi connectivity index (χ0) is 14.5. The minimum atomic E-state index is 0.700. The second-order valence-corrected chi connectivity index (χ2v) is 7.24. The Labute approximate surface area is 127 Å². The van der Waals surface area contributed by atoms with Gasteiger partial charge in [0, 0.05) is 24.0 Å². The Morgan fingerprint density at radius 1 is 1.35 bits per heavy atom. The maximum atomic E-state index is 4.93. The molecule has 0 unspecified atom stereocenters. The fraction of sp³-hybridized carbons (Fsp3) is 0.812. The molecule has 1 aromatic rings. The van der Waals surface area contributed by atoms with Crippen molar-refractivity contribution < 1.29 is 0 Å². The third-order valence-electron chi connectivity index (χ3n) is 3.61. The molecule has 1 saturated carbocycles. The van der Waals surface area contributed by atoms with Crippen LogP contribution >= 0.6 is 11.3 Å². The third kappa shape index (κ3) is 4.19. The summed E-state index contributed by atoms with van der Waals surface area (Å²) in [7, 11) is 0. The van der Waals surface area contributed by atoms with Crippen molar-refractivity contribution in [2.45, 2.75) is 66.0 Å². The molecule has 1 aromatic heterocycles. The molecule has 0 amide bonds. The molecule has 20 heavy (non-hydrogen) atoms. The third-order valence-corrected chi connectivity index (χ3v) is 4.74. The minimum absolute atomic E-state index is 0.700. The van der Waals surface area contributed by atoms with Crippen LogP contribution in [0.1, 0.15) is 57.5 Å². The quantitative estimate of drug-likeness (QED) is 0.702. The average Bonchev–Trinajstić information content (AvgIpc) is 3.17. The number of rotatable bonds is 9. The maximum absolute atomic E-state index is 4.93. The summed E-state index contributed by atoms with van der Waals surface area (Å²) < 4.78 is 0. The van der Waals surface area contributed by atoms with Crippen LogP contribution in [0.25, 0.3) is 0 Å². The molecule has 0 aromatic carbocycles. The predicted octanol–water partition coefficient (Wildman–Crippen LogP) is 3.83. The monoisotopic (exact) mass is 295 g/mol. The number of hydrogen-bond donors (Lipinski definition) is 1. The normalized spacial score (nSPS) is 15.1. The average molecular weight is 295 g/mol. The first-order valence-electron chi connectivity index (χ1n) is 8.11. The van der Waals surface area contributed by atoms with Crippen molar-refractivity contribution >= 4 is 16.5 Å². The largest absolute Gasteiger partial charge is 0.345 e. The summed E-state index contributed by atoms with van der Waals surface area (Å²) in [6.45, 7) is 12.2. The molecule has 1 aliphatic carbocycles. The Balaban J connectivity index is 2.09. The van der Waals surface area contributed by atoms with Gasteiger partial charge in [0.05, 0.1) is 5.69 Å². The SMILES string of the molecule is CCCNCc1sc(N(CC(C)C)C2CC2)nc1CC. The molecule has 0 bridgehead atoms. The lowest BCUT2D eigenvalue weighted by molar-refractivity contribution is 0.606. The van der Waals surface area contributed by atoms with Gasteiger partial charge in [-0.2, -0.15) is 0 Å². The fourth-order valence-corrected chi connectivity index (χ4v) is 3.65. The molecule has 0 radical (unpaired) electrons. The Kier molecular flexibility index (Phi) is 5.85. The van der Waals surface area contributed by atoms with E-state index in [1.165, 1.54) is 35.0 Å². The van der Waals surface area contributed by atoms with E-state index in [1.54, 1.807) is 0 Å². The molecule has 0 spiro atoms. The van der Waals surface area contributed by atoms with Crippen LogP contribution in [0.2, 0.25) is 0 Å². The number of thiazole rings is 1. The van der Waals surface area contributed by atoms with E-state index in [0.29, 0.717) is 5.92 Å². The fourth-order valence-electron chi connectivity index (χ4n) is 2.45. The smallest absolute Gasteiger partial charge is 0.186 e. The number of aromatic nitrogens is 1. The summed E-state index contributed by atoms with van der Waals surface area (Å²) in [6.07, 6.45) is 4.92. The molecule has 0 aliphatic heterocycles. The van der Waals surface area contributed by atoms with Crippen molar-refractivity contribution in [3.63, 3.8) is 0 Å². The van der Waals surface area contributed by atoms with Gasteiger partial charge in [-0.3, -0.25) is 0 Å². The Bertz CT molecular complexity index is 410. The molecular formula is C16H29N3S. The van der Waals surface area contributed by atoms with Crippen molar-refractivity contribution in [1.82, 2.24) is 10.3 Å². The molecule has 1 fully saturated rings. The van der Waals surface area contributed by atoms with Crippen molar-refractivity contribution in [2.24, 2.45) is 5.92 Å². The highest BCUT2D eigenvalue weighted by Crippen LogP contribution is 2.36. The molecule has 114 valence electrons. The van der Waals surface area contributed by atoms with Crippen LogP contribution in [0.4, 0.5) is 5.13 Å². The van der Waals surface area contributed by atoms with Gasteiger partial charge < -0.3 is 10.2 Å². The van der Waals surface area contributed by atoms with Gasteiger partial charge in [0.25, 0.3) is 0 Å². The van der Waals surface area contributed by atoms with Gasteiger partial charge in [0.1, 0.15) is 0 Å². The number of nitrogens with one attached hydrogen (secondary N) is 1. The van der Waals surface area contributed by atoms with Gasteiger partial charge in [0.15, 0.2) is 5.13 Å². The topological polar surface area (TPSA) is 28.2 Å². The van der Waals surface area contributed by atoms with Crippen molar-refractivity contribution in [3.8, 4) is 0 Å². The van der Waals surface area contributed by atoms with Crippen LogP contribution < -0.4 is 10.2 Å². The molecule has 0 atom stereocenters. The summed E-state index contributed by atoms with van der Waals surface area (Å²) in [6, 6.07) is 0.754. The summed E-state index contributed by atoms with van der Waals surface area (Å²) >= 11 is 1.91. The first kappa shape index (κ1) is 15.8. The second kappa shape index (κ2) is 7.41. The number of hydrogen-bond acceptors (Lipinski definition) is 4. The van der Waals surface area contributed by atoms with E-state index in [0.717, 1.165) is 32.1 Å². The minimum Gasteiger partial charge on any atom is -0.345 e. The van der Waals surface area contributed by atoms with Crippen molar-refractivity contribution in [1.29, 1.82) is 0 Å². The lowest BCUT2D eigenvalue weighted by Gasteiger charge is -2.23. The Hall–Kier alpha value is -0.610. The van der Waals surface area contributed by atoms with Gasteiger partial charge >= 0.3 is 0 Å². The van der Waals surface area contributed by atoms with Crippen LogP contribution in [0, 0.1) is 5.92 Å². The van der Waals surface area contributed by atoms with E-state index >= 15 is 0 Å². The maximum Gasteiger partial charge on any atom is 0.186 e. The van der Waals surface area contributed by atoms with Crippen LogP contribution in [0.5, 0.6) is 0 Å². The molecule has 1 heterocycles. The van der Waals surface area contributed by atoms with E-state index in [2.05, 4.69) is 37.9 Å². The standard InChI is InChI=1S/C16H29N3S/c1-5-9-17-10-15-14(6-2)18-16(20-15)19(11-12(3)4)13-7-8-13/h12-13,17H,5-11H2,1-4H3. The van der Waals surface area contributed by atoms with E-state index in [9.17, 15) is 0 Å². The lowest BCUT2D eigenvalue weighted by atomic mass is 10.2. The highest BCUT2D eigenvalue weighted by atomic mass is 32.1. The lowest BCUT2D eigenvalue weighted by Crippen LogP contribution is -2.29. The number of aryl methyl sites for hydroxylation is 1. The van der Waals surface area contributed by atoms with E-state index in [1.807, 2.05) is 11.3 Å². The highest BCUT2D eigenvalue weighted by Gasteiger charge is 2.31. The van der Waals surface area contributed by atoms with Crippen molar-refractivity contribution in [3.05, 3.63) is 10.6 Å². The zero-order valence-corrected chi connectivity index (χ0v) is 14.2. The first-order valence-corrected chi connectivity index (χ1v) is 8.93. The predicted molar refractivity (Wildman–Crippen MR) is 88.7 cm³/mol. The van der Waals surface area contributed by atoms with E-state index < -0.39 is 0 Å². The Morgan fingerprint density at radius 3 is 2.65 bits per heavy atom. The number of anilines is 1. The van der Waals surface area contributed by atoms with Gasteiger partial charge in [-0.1, -0.05) is 27.7 Å². The second-order valence-electron chi connectivity index (χ2n) is 6.17. The molecule has 4 heteroatoms. The summed E-state index contributed by atoms with van der Waals surface area (Å²) in [5.41, 5.74) is 1.29. The zero-order valence-electron chi connectivity index (χ0n) is 13.4. The van der Waals surface area contributed by atoms with Gasteiger partial charge in [-0.15, -0.1) is 11.3 Å². The molecular weight excluding hydrogens is 266 g/mol. The number of nitrogens with zero attached hydrogens (tertiary/aromatic N) is 2. The first-order chi connectivity index (χ1) is 9.65. The highest BCUT2D eigenvalue weighted by molar-refractivity contribution is 7.15. The molecule has 2 rings (SSSR count). The van der Waals surface area contributed by atoms with E-state index in [4.69, 9.17) is 4.98 Å². The summed E-state index contributed by atoms with van der Waals surface area (Å²) in [5.74, 6) is 0.700. The molecule has 3 nitrogen and oxygen atoms in total. The van der Waals surface area contributed by atoms with Crippen LogP contribution in [0.3, 0.4) is 0 Å². The van der Waals surface area contributed by atoms with Crippen LogP contribution in [-0.2, 0) is 13.0 Å². The molecule has 0 saturated heterocycles. The van der Waals surface area contributed by atoms with E-state index in [-0.39, 0.29) is 0 Å². The van der Waals surface area contributed by atoms with Crippen LogP contribution in [-0.4, -0.2) is 24.1 Å². The van der Waals surface area contributed by atoms with Gasteiger partial charge in [-0.05, 0) is 38.1 Å². The summed E-state index contributed by atoms with van der Waals surface area (Å²) in [4.78, 5) is 8.92. The van der Waals surface area contributed by atoms with Crippen LogP contribution in [0.15, 0.2) is 0 Å². The molecule has 1 aliphatic rings. The van der Waals surface area contributed by atoms with Crippen molar-refractivity contribution in [2.75, 3.05) is 18.0 Å². The van der Waals surface area contributed by atoms with Gasteiger partial charge in [0.2, 0.25) is 0 Å². The Morgan fingerprint density at radius 2 is 2.10 bits per heavy atom. The van der Waals surface area contributed by atoms with Gasteiger partial charge in [-0.25, -0.2) is 4.98 Å². The molecule has 1 N–H and O–H groups in total. The summed E-state index contributed by atoms with van der Waals surface area (Å²) in [5, 5.41) is 4.77.